The molecule has 0 amide bonds. The van der Waals surface area contributed by atoms with Crippen LogP contribution in [0.5, 0.6) is 5.75 Å². The van der Waals surface area contributed by atoms with Gasteiger partial charge in [0.2, 0.25) is 0 Å². The van der Waals surface area contributed by atoms with Crippen LogP contribution in [0.2, 0.25) is 0 Å². The van der Waals surface area contributed by atoms with Crippen molar-refractivity contribution in [2.24, 2.45) is 0 Å². The van der Waals surface area contributed by atoms with Gasteiger partial charge >= 0.3 is 6.18 Å². The van der Waals surface area contributed by atoms with E-state index in [4.69, 9.17) is 4.74 Å². The zero-order valence-corrected chi connectivity index (χ0v) is 14.4. The van der Waals surface area contributed by atoms with Crippen LogP contribution in [0, 0.1) is 0 Å². The Labute approximate surface area is 146 Å². The van der Waals surface area contributed by atoms with Crippen LogP contribution in [0.3, 0.4) is 0 Å². The molecule has 1 heterocycles. The Bertz CT molecular complexity index is 717. The van der Waals surface area contributed by atoms with Crippen LogP contribution in [0.25, 0.3) is 11.1 Å². The van der Waals surface area contributed by atoms with Gasteiger partial charge in [-0.25, -0.2) is 0 Å². The number of hydrogen-bond donors (Lipinski definition) is 0. The first kappa shape index (κ1) is 17.8. The van der Waals surface area contributed by atoms with Crippen LogP contribution in [0.1, 0.15) is 29.9 Å². The fourth-order valence-electron chi connectivity index (χ4n) is 3.40. The van der Waals surface area contributed by atoms with Crippen LogP contribution >= 0.6 is 0 Å². The van der Waals surface area contributed by atoms with Crippen LogP contribution in [-0.4, -0.2) is 32.1 Å². The van der Waals surface area contributed by atoms with Gasteiger partial charge in [-0.1, -0.05) is 18.2 Å². The standard InChI is InChI=1S/C20H22F3NO/c1-24-11-9-15(10-12-24)18-13-16(5-8-19(18)25-2)14-3-6-17(7-4-14)20(21,22)23/h3-8,13,15H,9-12H2,1-2H3. The van der Waals surface area contributed by atoms with Crippen LogP contribution in [0.4, 0.5) is 13.2 Å². The van der Waals surface area contributed by atoms with Gasteiger partial charge in [-0.3, -0.25) is 0 Å². The van der Waals surface area contributed by atoms with E-state index in [0.29, 0.717) is 5.92 Å². The van der Waals surface area contributed by atoms with E-state index < -0.39 is 11.7 Å². The number of rotatable bonds is 3. The summed E-state index contributed by atoms with van der Waals surface area (Å²) in [4.78, 5) is 2.31. The van der Waals surface area contributed by atoms with E-state index in [1.807, 2.05) is 12.1 Å². The van der Waals surface area contributed by atoms with Gasteiger partial charge in [0, 0.05) is 0 Å². The number of ether oxygens (including phenoxy) is 1. The second kappa shape index (κ2) is 7.08. The molecule has 1 saturated heterocycles. The van der Waals surface area contributed by atoms with Crippen molar-refractivity contribution in [2.75, 3.05) is 27.2 Å². The highest BCUT2D eigenvalue weighted by molar-refractivity contribution is 5.66. The SMILES string of the molecule is COc1ccc(-c2ccc(C(F)(F)F)cc2)cc1C1CCN(C)CC1. The number of likely N-dealkylation sites (tertiary alicyclic amines) is 1. The van der Waals surface area contributed by atoms with E-state index in [9.17, 15) is 13.2 Å². The molecule has 0 N–H and O–H groups in total. The molecule has 0 bridgehead atoms. The lowest BCUT2D eigenvalue weighted by Crippen LogP contribution is -2.29. The first-order valence-corrected chi connectivity index (χ1v) is 8.42. The topological polar surface area (TPSA) is 12.5 Å². The summed E-state index contributed by atoms with van der Waals surface area (Å²) in [6, 6.07) is 11.2. The Morgan fingerprint density at radius 3 is 2.12 bits per heavy atom. The van der Waals surface area contributed by atoms with Gasteiger partial charge in [0.15, 0.2) is 0 Å². The lowest BCUT2D eigenvalue weighted by Gasteiger charge is -2.30. The molecular weight excluding hydrogens is 327 g/mol. The molecule has 134 valence electrons. The lowest BCUT2D eigenvalue weighted by atomic mass is 9.87. The Morgan fingerprint density at radius 2 is 1.56 bits per heavy atom. The highest BCUT2D eigenvalue weighted by Crippen LogP contribution is 2.37. The molecule has 2 aromatic rings. The number of benzene rings is 2. The fourth-order valence-corrected chi connectivity index (χ4v) is 3.40. The van der Waals surface area contributed by atoms with Gasteiger partial charge in [-0.2, -0.15) is 13.2 Å². The third-order valence-electron chi connectivity index (χ3n) is 4.93. The molecule has 2 aromatic carbocycles. The Kier molecular flexibility index (Phi) is 5.04. The van der Waals surface area contributed by atoms with Crippen molar-refractivity contribution in [1.82, 2.24) is 4.90 Å². The van der Waals surface area contributed by atoms with Gasteiger partial charge in [0.05, 0.1) is 12.7 Å². The first-order chi connectivity index (χ1) is 11.9. The van der Waals surface area contributed by atoms with Gasteiger partial charge < -0.3 is 9.64 Å². The first-order valence-electron chi connectivity index (χ1n) is 8.42. The van der Waals surface area contributed by atoms with Crippen molar-refractivity contribution in [1.29, 1.82) is 0 Å². The van der Waals surface area contributed by atoms with Gasteiger partial charge in [-0.15, -0.1) is 0 Å². The van der Waals surface area contributed by atoms with Crippen molar-refractivity contribution >= 4 is 0 Å². The van der Waals surface area contributed by atoms with Crippen LogP contribution < -0.4 is 4.74 Å². The minimum absolute atomic E-state index is 0.417. The average molecular weight is 349 g/mol. The average Bonchev–Trinajstić information content (AvgIpc) is 2.61. The van der Waals surface area contributed by atoms with Crippen molar-refractivity contribution in [2.45, 2.75) is 24.9 Å². The summed E-state index contributed by atoms with van der Waals surface area (Å²) in [6.45, 7) is 2.08. The van der Waals surface area contributed by atoms with E-state index in [0.717, 1.165) is 60.5 Å². The zero-order chi connectivity index (χ0) is 18.0. The number of methoxy groups -OCH3 is 1. The summed E-state index contributed by atoms with van der Waals surface area (Å²) < 4.78 is 43.7. The molecular formula is C20H22F3NO. The molecule has 25 heavy (non-hydrogen) atoms. The van der Waals surface area contributed by atoms with Crippen molar-refractivity contribution in [3.8, 4) is 16.9 Å². The van der Waals surface area contributed by atoms with Gasteiger partial charge in [0.1, 0.15) is 5.75 Å². The summed E-state index contributed by atoms with van der Waals surface area (Å²) in [6.07, 6.45) is -2.19. The molecule has 0 unspecified atom stereocenters. The minimum atomic E-state index is -4.31. The predicted octanol–water partition coefficient (Wildman–Crippen LogP) is 5.19. The van der Waals surface area contributed by atoms with E-state index in [1.165, 1.54) is 12.1 Å². The number of alkyl halides is 3. The van der Waals surface area contributed by atoms with Crippen molar-refractivity contribution in [3.05, 3.63) is 53.6 Å². The third-order valence-corrected chi connectivity index (χ3v) is 4.93. The second-order valence-corrected chi connectivity index (χ2v) is 6.61. The summed E-state index contributed by atoms with van der Waals surface area (Å²) in [7, 11) is 3.78. The highest BCUT2D eigenvalue weighted by atomic mass is 19.4. The smallest absolute Gasteiger partial charge is 0.416 e. The molecule has 0 spiro atoms. The highest BCUT2D eigenvalue weighted by Gasteiger charge is 2.30. The summed E-state index contributed by atoms with van der Waals surface area (Å²) in [5.41, 5.74) is 2.22. The third kappa shape index (κ3) is 3.98. The lowest BCUT2D eigenvalue weighted by molar-refractivity contribution is -0.137. The molecule has 2 nitrogen and oxygen atoms in total. The Hall–Kier alpha value is -2.01. The van der Waals surface area contributed by atoms with Gasteiger partial charge in [-0.05, 0) is 79.9 Å². The monoisotopic (exact) mass is 349 g/mol. The fraction of sp³-hybridized carbons (Fsp3) is 0.400. The summed E-state index contributed by atoms with van der Waals surface area (Å²) in [5, 5.41) is 0. The minimum Gasteiger partial charge on any atom is -0.496 e. The van der Waals surface area contributed by atoms with Gasteiger partial charge in [0.25, 0.3) is 0 Å². The zero-order valence-electron chi connectivity index (χ0n) is 14.4. The number of halogens is 3. The van der Waals surface area contributed by atoms with E-state index in [2.05, 4.69) is 18.0 Å². The number of piperidine rings is 1. The maximum Gasteiger partial charge on any atom is 0.416 e. The maximum absolute atomic E-state index is 12.7. The molecule has 5 heteroatoms. The largest absolute Gasteiger partial charge is 0.496 e. The van der Waals surface area contributed by atoms with Crippen LogP contribution in [-0.2, 0) is 6.18 Å². The van der Waals surface area contributed by atoms with E-state index in [1.54, 1.807) is 7.11 Å². The second-order valence-electron chi connectivity index (χ2n) is 6.61. The molecule has 0 atom stereocenters. The molecule has 0 saturated carbocycles. The van der Waals surface area contributed by atoms with Crippen molar-refractivity contribution < 1.29 is 17.9 Å². The Balaban J connectivity index is 1.91. The normalized spacial score (nSPS) is 16.8. The summed E-state index contributed by atoms with van der Waals surface area (Å²) in [5.74, 6) is 1.27. The quantitative estimate of drug-likeness (QED) is 0.756. The molecule has 0 aliphatic carbocycles. The van der Waals surface area contributed by atoms with Crippen LogP contribution in [0.15, 0.2) is 42.5 Å². The Morgan fingerprint density at radius 1 is 0.960 bits per heavy atom. The molecule has 0 radical (unpaired) electrons. The number of nitrogens with zero attached hydrogens (tertiary/aromatic N) is 1. The summed E-state index contributed by atoms with van der Waals surface area (Å²) >= 11 is 0. The molecule has 1 fully saturated rings. The molecule has 1 aliphatic heterocycles. The molecule has 3 rings (SSSR count). The number of hydrogen-bond acceptors (Lipinski definition) is 2. The van der Waals surface area contributed by atoms with E-state index in [-0.39, 0.29) is 0 Å². The van der Waals surface area contributed by atoms with Crippen molar-refractivity contribution in [3.63, 3.8) is 0 Å². The molecule has 1 aliphatic rings. The predicted molar refractivity (Wildman–Crippen MR) is 92.9 cm³/mol. The maximum atomic E-state index is 12.7. The van der Waals surface area contributed by atoms with E-state index >= 15 is 0 Å². The molecule has 0 aromatic heterocycles.